The summed E-state index contributed by atoms with van der Waals surface area (Å²) in [5.74, 6) is -0.0268. The Morgan fingerprint density at radius 1 is 1.00 bits per heavy atom. The number of aromatic nitrogens is 3. The van der Waals surface area contributed by atoms with Crippen LogP contribution in [0.4, 0.5) is 0 Å². The van der Waals surface area contributed by atoms with Crippen molar-refractivity contribution in [1.29, 1.82) is 0 Å². The number of nitrogens with one attached hydrogen (secondary N) is 1. The highest BCUT2D eigenvalue weighted by Gasteiger charge is 2.25. The van der Waals surface area contributed by atoms with Crippen LogP contribution in [-0.2, 0) is 19.6 Å². The van der Waals surface area contributed by atoms with Gasteiger partial charge in [-0.25, -0.2) is 0 Å². The van der Waals surface area contributed by atoms with E-state index < -0.39 is 0 Å². The molecule has 4 aromatic rings. The number of nitrogens with zero attached hydrogens (tertiary/aromatic N) is 3. The first kappa shape index (κ1) is 15.0. The van der Waals surface area contributed by atoms with Crippen LogP contribution in [0.15, 0.2) is 66.9 Å². The molecular weight excluding hydrogens is 324 g/mol. The number of benzene rings is 2. The van der Waals surface area contributed by atoms with Crippen LogP contribution in [0.1, 0.15) is 27.3 Å². The molecule has 1 aliphatic rings. The second-order valence-corrected chi connectivity index (χ2v) is 6.71. The Morgan fingerprint density at radius 2 is 1.73 bits per heavy atom. The predicted octanol–water partition coefficient (Wildman–Crippen LogP) is 3.57. The van der Waals surface area contributed by atoms with E-state index in [1.807, 2.05) is 35.2 Å². The minimum absolute atomic E-state index is 0.0268. The highest BCUT2D eigenvalue weighted by molar-refractivity contribution is 5.92. The fourth-order valence-electron chi connectivity index (χ4n) is 3.65. The molecule has 0 radical (unpaired) electrons. The van der Waals surface area contributed by atoms with E-state index in [0.29, 0.717) is 25.3 Å². The molecule has 0 unspecified atom stereocenters. The van der Waals surface area contributed by atoms with Crippen LogP contribution < -0.4 is 0 Å². The van der Waals surface area contributed by atoms with Crippen LogP contribution >= 0.6 is 0 Å². The summed E-state index contributed by atoms with van der Waals surface area (Å²) in [6, 6.07) is 20.4. The molecule has 0 fully saturated rings. The Bertz CT molecular complexity index is 1080. The van der Waals surface area contributed by atoms with Crippen molar-refractivity contribution in [2.45, 2.75) is 19.6 Å². The molecule has 5 rings (SSSR count). The van der Waals surface area contributed by atoms with E-state index in [1.165, 1.54) is 22.0 Å². The van der Waals surface area contributed by atoms with Gasteiger partial charge in [0.2, 0.25) is 0 Å². The van der Waals surface area contributed by atoms with E-state index in [9.17, 15) is 4.79 Å². The number of H-pyrrole nitrogens is 1. The molecule has 26 heavy (non-hydrogen) atoms. The summed E-state index contributed by atoms with van der Waals surface area (Å²) >= 11 is 0. The fraction of sp³-hybridized carbons (Fsp3) is 0.143. The average Bonchev–Trinajstić information content (AvgIpc) is 3.40. The van der Waals surface area contributed by atoms with Gasteiger partial charge in [0.05, 0.1) is 12.2 Å². The molecule has 1 N–H and O–H groups in total. The highest BCUT2D eigenvalue weighted by Crippen LogP contribution is 2.24. The van der Waals surface area contributed by atoms with E-state index in [2.05, 4.69) is 51.3 Å². The van der Waals surface area contributed by atoms with Gasteiger partial charge < -0.3 is 9.47 Å². The summed E-state index contributed by atoms with van der Waals surface area (Å²) in [5.41, 5.74) is 5.01. The number of carbonyl (C=O) groups excluding carboxylic acids is 1. The summed E-state index contributed by atoms with van der Waals surface area (Å²) in [6.07, 6.45) is 2.06. The second-order valence-electron chi connectivity index (χ2n) is 6.71. The van der Waals surface area contributed by atoms with Crippen molar-refractivity contribution in [2.75, 3.05) is 0 Å². The van der Waals surface area contributed by atoms with Gasteiger partial charge in [0.15, 0.2) is 5.69 Å². The van der Waals surface area contributed by atoms with Crippen molar-refractivity contribution in [3.8, 4) is 0 Å². The summed E-state index contributed by atoms with van der Waals surface area (Å²) in [4.78, 5) is 14.6. The Balaban J connectivity index is 1.35. The zero-order valence-corrected chi connectivity index (χ0v) is 14.2. The molecule has 5 heteroatoms. The Labute approximate surface area is 150 Å². The SMILES string of the molecule is O=C(c1cc(Cn2ccc3ccccc32)[nH]n1)N1Cc2ccccc2C1. The minimum Gasteiger partial charge on any atom is -0.341 e. The molecule has 0 atom stereocenters. The zero-order valence-electron chi connectivity index (χ0n) is 14.2. The normalized spacial score (nSPS) is 13.3. The molecule has 128 valence electrons. The number of amides is 1. The number of rotatable bonds is 3. The molecule has 0 aliphatic carbocycles. The highest BCUT2D eigenvalue weighted by atomic mass is 16.2. The summed E-state index contributed by atoms with van der Waals surface area (Å²) in [6.45, 7) is 1.97. The Hall–Kier alpha value is -3.34. The number of carbonyl (C=O) groups is 1. The predicted molar refractivity (Wildman–Crippen MR) is 99.6 cm³/mol. The van der Waals surface area contributed by atoms with Crippen molar-refractivity contribution in [1.82, 2.24) is 19.7 Å². The van der Waals surface area contributed by atoms with Crippen LogP contribution in [0.25, 0.3) is 10.9 Å². The standard InChI is InChI=1S/C21H18N4O/c26-21(25-12-16-6-1-2-7-17(16)13-25)19-11-18(22-23-19)14-24-10-9-15-5-3-4-8-20(15)24/h1-11H,12-14H2,(H,22,23). The molecule has 0 bridgehead atoms. The monoisotopic (exact) mass is 342 g/mol. The number of hydrogen-bond acceptors (Lipinski definition) is 2. The van der Waals surface area contributed by atoms with Crippen molar-refractivity contribution in [2.24, 2.45) is 0 Å². The summed E-state index contributed by atoms with van der Waals surface area (Å²) in [7, 11) is 0. The fourth-order valence-corrected chi connectivity index (χ4v) is 3.65. The molecule has 1 amide bonds. The molecule has 5 nitrogen and oxygen atoms in total. The summed E-state index contributed by atoms with van der Waals surface area (Å²) < 4.78 is 2.16. The third kappa shape index (κ3) is 2.49. The number of hydrogen-bond donors (Lipinski definition) is 1. The van der Waals surface area contributed by atoms with E-state index in [0.717, 1.165) is 5.69 Å². The van der Waals surface area contributed by atoms with Gasteiger partial charge in [-0.3, -0.25) is 9.89 Å². The van der Waals surface area contributed by atoms with Crippen LogP contribution in [0.5, 0.6) is 0 Å². The quantitative estimate of drug-likeness (QED) is 0.619. The lowest BCUT2D eigenvalue weighted by Gasteiger charge is -2.13. The molecule has 0 spiro atoms. The average molecular weight is 342 g/mol. The van der Waals surface area contributed by atoms with Gasteiger partial charge in [0, 0.05) is 24.8 Å². The number of aromatic amines is 1. The maximum absolute atomic E-state index is 12.8. The van der Waals surface area contributed by atoms with Crippen LogP contribution in [0.3, 0.4) is 0 Å². The van der Waals surface area contributed by atoms with Crippen LogP contribution in [-0.4, -0.2) is 25.6 Å². The first-order chi connectivity index (χ1) is 12.8. The van der Waals surface area contributed by atoms with Crippen LogP contribution in [0, 0.1) is 0 Å². The van der Waals surface area contributed by atoms with Gasteiger partial charge in [-0.1, -0.05) is 42.5 Å². The first-order valence-corrected chi connectivity index (χ1v) is 8.72. The molecule has 1 aliphatic heterocycles. The van der Waals surface area contributed by atoms with Gasteiger partial charge >= 0.3 is 0 Å². The molecule has 3 heterocycles. The molecular formula is C21H18N4O. The van der Waals surface area contributed by atoms with E-state index in [1.54, 1.807) is 0 Å². The number of fused-ring (bicyclic) bond motifs is 2. The largest absolute Gasteiger partial charge is 0.341 e. The lowest BCUT2D eigenvalue weighted by molar-refractivity contribution is 0.0745. The van der Waals surface area contributed by atoms with Crippen molar-refractivity contribution in [3.63, 3.8) is 0 Å². The smallest absolute Gasteiger partial charge is 0.274 e. The topological polar surface area (TPSA) is 53.9 Å². The Kier molecular flexibility index (Phi) is 3.38. The lowest BCUT2D eigenvalue weighted by atomic mass is 10.1. The third-order valence-corrected chi connectivity index (χ3v) is 5.00. The summed E-state index contributed by atoms with van der Waals surface area (Å²) in [5, 5.41) is 8.48. The lowest BCUT2D eigenvalue weighted by Crippen LogP contribution is -2.25. The molecule has 0 saturated heterocycles. The molecule has 2 aromatic carbocycles. The van der Waals surface area contributed by atoms with Gasteiger partial charge in [0.1, 0.15) is 0 Å². The van der Waals surface area contributed by atoms with E-state index >= 15 is 0 Å². The molecule has 2 aromatic heterocycles. The minimum atomic E-state index is -0.0268. The maximum Gasteiger partial charge on any atom is 0.274 e. The van der Waals surface area contributed by atoms with Gasteiger partial charge in [-0.15, -0.1) is 0 Å². The van der Waals surface area contributed by atoms with Gasteiger partial charge in [-0.05, 0) is 34.7 Å². The van der Waals surface area contributed by atoms with Crippen molar-refractivity contribution < 1.29 is 4.79 Å². The second kappa shape index (κ2) is 5.88. The van der Waals surface area contributed by atoms with Crippen LogP contribution in [0.2, 0.25) is 0 Å². The van der Waals surface area contributed by atoms with Crippen molar-refractivity contribution in [3.05, 3.63) is 89.4 Å². The van der Waals surface area contributed by atoms with Crippen molar-refractivity contribution >= 4 is 16.8 Å². The van der Waals surface area contributed by atoms with Gasteiger partial charge in [0.25, 0.3) is 5.91 Å². The zero-order chi connectivity index (χ0) is 17.5. The molecule has 0 saturated carbocycles. The number of para-hydroxylation sites is 1. The van der Waals surface area contributed by atoms with Gasteiger partial charge in [-0.2, -0.15) is 5.10 Å². The Morgan fingerprint density at radius 3 is 2.54 bits per heavy atom. The van der Waals surface area contributed by atoms with E-state index in [4.69, 9.17) is 0 Å². The maximum atomic E-state index is 12.8. The third-order valence-electron chi connectivity index (χ3n) is 5.00. The van der Waals surface area contributed by atoms with E-state index in [-0.39, 0.29) is 5.91 Å². The first-order valence-electron chi connectivity index (χ1n) is 8.72.